The van der Waals surface area contributed by atoms with Gasteiger partial charge >= 0.3 is 0 Å². The number of furan rings is 1. The highest BCUT2D eigenvalue weighted by Gasteiger charge is 2.36. The van der Waals surface area contributed by atoms with E-state index in [4.69, 9.17) is 4.42 Å². The molecule has 2 N–H and O–H groups in total. The van der Waals surface area contributed by atoms with Crippen molar-refractivity contribution in [2.45, 2.75) is 39.3 Å². The first-order valence-corrected chi connectivity index (χ1v) is 10.1. The van der Waals surface area contributed by atoms with E-state index in [1.165, 1.54) is 0 Å². The molecule has 1 aliphatic heterocycles. The Kier molecular flexibility index (Phi) is 5.38. The number of rotatable bonds is 7. The highest BCUT2D eigenvalue weighted by atomic mass is 16.3. The molecule has 3 atom stereocenters. The van der Waals surface area contributed by atoms with Crippen molar-refractivity contribution in [3.05, 3.63) is 54.2 Å². The van der Waals surface area contributed by atoms with Crippen molar-refractivity contribution in [1.82, 2.24) is 20.2 Å². The van der Waals surface area contributed by atoms with Gasteiger partial charge in [-0.3, -0.25) is 9.59 Å². The van der Waals surface area contributed by atoms with E-state index < -0.39 is 0 Å². The summed E-state index contributed by atoms with van der Waals surface area (Å²) in [4.78, 5) is 35.1. The van der Waals surface area contributed by atoms with Crippen molar-refractivity contribution in [1.29, 1.82) is 0 Å². The lowest BCUT2D eigenvalue weighted by atomic mass is 9.97. The van der Waals surface area contributed by atoms with E-state index in [0.29, 0.717) is 13.1 Å². The highest BCUT2D eigenvalue weighted by Crippen LogP contribution is 2.27. The molecule has 0 radical (unpaired) electrons. The molecule has 0 bridgehead atoms. The molecule has 1 saturated heterocycles. The number of nitrogens with one attached hydrogen (secondary N) is 2. The molecule has 1 aromatic carbocycles. The molecule has 152 valence electrons. The number of carbonyl (C=O) groups excluding carboxylic acids is 2. The first kappa shape index (κ1) is 19.2. The van der Waals surface area contributed by atoms with Crippen molar-refractivity contribution in [3.63, 3.8) is 0 Å². The van der Waals surface area contributed by atoms with Crippen LogP contribution in [0.15, 0.2) is 47.1 Å². The van der Waals surface area contributed by atoms with Crippen LogP contribution in [0.5, 0.6) is 0 Å². The molecule has 1 aliphatic rings. The number of benzene rings is 1. The molecular weight excluding hydrogens is 368 g/mol. The molecule has 2 amide bonds. The van der Waals surface area contributed by atoms with Gasteiger partial charge in [-0.15, -0.1) is 0 Å². The summed E-state index contributed by atoms with van der Waals surface area (Å²) >= 11 is 0. The van der Waals surface area contributed by atoms with Crippen LogP contribution in [0.2, 0.25) is 0 Å². The van der Waals surface area contributed by atoms with E-state index in [-0.39, 0.29) is 36.1 Å². The van der Waals surface area contributed by atoms with Crippen LogP contribution in [-0.4, -0.2) is 33.2 Å². The van der Waals surface area contributed by atoms with E-state index in [9.17, 15) is 9.59 Å². The number of imidazole rings is 1. The van der Waals surface area contributed by atoms with Gasteiger partial charge in [0.05, 0.1) is 35.8 Å². The molecule has 3 aromatic rings. The van der Waals surface area contributed by atoms with Crippen LogP contribution in [0.4, 0.5) is 0 Å². The van der Waals surface area contributed by atoms with Gasteiger partial charge in [-0.2, -0.15) is 0 Å². The number of H-pyrrole nitrogens is 1. The van der Waals surface area contributed by atoms with E-state index in [0.717, 1.165) is 29.0 Å². The van der Waals surface area contributed by atoms with Gasteiger partial charge in [0.25, 0.3) is 0 Å². The molecule has 0 unspecified atom stereocenters. The molecular formula is C22H26N4O3. The lowest BCUT2D eigenvalue weighted by Gasteiger charge is -2.24. The summed E-state index contributed by atoms with van der Waals surface area (Å²) in [6.07, 6.45) is 2.71. The molecule has 1 fully saturated rings. The first-order chi connectivity index (χ1) is 14.0. The molecule has 7 heteroatoms. The molecule has 2 aromatic heterocycles. The average Bonchev–Trinajstić information content (AvgIpc) is 3.46. The summed E-state index contributed by atoms with van der Waals surface area (Å²) < 4.78 is 5.33. The zero-order valence-electron chi connectivity index (χ0n) is 16.7. The van der Waals surface area contributed by atoms with Gasteiger partial charge in [-0.25, -0.2) is 4.98 Å². The Morgan fingerprint density at radius 2 is 2.17 bits per heavy atom. The minimum absolute atomic E-state index is 0.0228. The standard InChI is InChI=1S/C22H26N4O3/c1-3-14(2)20(21-23-17-8-4-5-9-18(17)24-21)25-22(28)15-11-19(27)26(12-15)13-16-7-6-10-29-16/h4-10,14-15,20H,3,11-13H2,1-2H3,(H,23,24)(H,25,28)/t14-,15-,20+/m0/s1. The normalized spacial score (nSPS) is 18.9. The predicted molar refractivity (Wildman–Crippen MR) is 109 cm³/mol. The van der Waals surface area contributed by atoms with Crippen molar-refractivity contribution in [2.75, 3.05) is 6.54 Å². The first-order valence-electron chi connectivity index (χ1n) is 10.1. The monoisotopic (exact) mass is 394 g/mol. The Labute approximate surface area is 169 Å². The van der Waals surface area contributed by atoms with E-state index in [1.807, 2.05) is 30.3 Å². The second kappa shape index (κ2) is 8.11. The summed E-state index contributed by atoms with van der Waals surface area (Å²) in [7, 11) is 0. The van der Waals surface area contributed by atoms with E-state index >= 15 is 0 Å². The maximum Gasteiger partial charge on any atom is 0.226 e. The number of carbonyl (C=O) groups is 2. The number of amides is 2. The van der Waals surface area contributed by atoms with Gasteiger partial charge in [-0.05, 0) is 30.2 Å². The van der Waals surface area contributed by atoms with Crippen molar-refractivity contribution < 1.29 is 14.0 Å². The summed E-state index contributed by atoms with van der Waals surface area (Å²) in [5, 5.41) is 3.15. The molecule has 7 nitrogen and oxygen atoms in total. The molecule has 0 spiro atoms. The fourth-order valence-electron chi connectivity index (χ4n) is 3.80. The average molecular weight is 394 g/mol. The summed E-state index contributed by atoms with van der Waals surface area (Å²) in [6, 6.07) is 11.2. The molecule has 0 aliphatic carbocycles. The molecule has 0 saturated carbocycles. The maximum absolute atomic E-state index is 13.0. The van der Waals surface area contributed by atoms with Gasteiger partial charge in [0.2, 0.25) is 11.8 Å². The molecule has 4 rings (SSSR count). The van der Waals surface area contributed by atoms with Crippen LogP contribution in [0.1, 0.15) is 44.3 Å². The third kappa shape index (κ3) is 4.04. The van der Waals surface area contributed by atoms with Crippen LogP contribution in [-0.2, 0) is 16.1 Å². The Morgan fingerprint density at radius 3 is 2.90 bits per heavy atom. The summed E-state index contributed by atoms with van der Waals surface area (Å²) in [6.45, 7) is 4.99. The fourth-order valence-corrected chi connectivity index (χ4v) is 3.80. The number of aromatic amines is 1. The Bertz CT molecular complexity index is 962. The second-order valence-electron chi connectivity index (χ2n) is 7.77. The van der Waals surface area contributed by atoms with Gasteiger partial charge in [0, 0.05) is 13.0 Å². The van der Waals surface area contributed by atoms with Crippen LogP contribution >= 0.6 is 0 Å². The predicted octanol–water partition coefficient (Wildman–Crippen LogP) is 3.41. The number of aromatic nitrogens is 2. The number of likely N-dealkylation sites (tertiary alicyclic amines) is 1. The Morgan fingerprint density at radius 1 is 1.34 bits per heavy atom. The smallest absolute Gasteiger partial charge is 0.226 e. The van der Waals surface area contributed by atoms with Gasteiger partial charge in [0.1, 0.15) is 11.6 Å². The minimum Gasteiger partial charge on any atom is -0.467 e. The van der Waals surface area contributed by atoms with Crippen LogP contribution in [0.25, 0.3) is 11.0 Å². The third-order valence-electron chi connectivity index (χ3n) is 5.73. The Hall–Kier alpha value is -3.09. The van der Waals surface area contributed by atoms with Crippen LogP contribution in [0, 0.1) is 11.8 Å². The Balaban J connectivity index is 1.47. The number of para-hydroxylation sites is 2. The lowest BCUT2D eigenvalue weighted by molar-refractivity contribution is -0.129. The van der Waals surface area contributed by atoms with E-state index in [1.54, 1.807) is 17.2 Å². The van der Waals surface area contributed by atoms with Crippen molar-refractivity contribution in [3.8, 4) is 0 Å². The zero-order valence-corrected chi connectivity index (χ0v) is 16.7. The molecule has 3 heterocycles. The van der Waals surface area contributed by atoms with Crippen molar-refractivity contribution in [2.24, 2.45) is 11.8 Å². The number of fused-ring (bicyclic) bond motifs is 1. The molecule has 29 heavy (non-hydrogen) atoms. The number of nitrogens with zero attached hydrogens (tertiary/aromatic N) is 2. The van der Waals surface area contributed by atoms with Gasteiger partial charge in [-0.1, -0.05) is 32.4 Å². The fraction of sp³-hybridized carbons (Fsp3) is 0.409. The minimum atomic E-state index is -0.367. The summed E-state index contributed by atoms with van der Waals surface area (Å²) in [5.74, 6) is 1.19. The third-order valence-corrected chi connectivity index (χ3v) is 5.73. The number of hydrogen-bond donors (Lipinski definition) is 2. The SMILES string of the molecule is CC[C@H](C)[C@@H](NC(=O)[C@H]1CC(=O)N(Cc2ccco2)C1)c1nc2ccccc2[nH]1. The van der Waals surface area contributed by atoms with Gasteiger partial charge < -0.3 is 19.6 Å². The largest absolute Gasteiger partial charge is 0.467 e. The zero-order chi connectivity index (χ0) is 20.4. The lowest BCUT2D eigenvalue weighted by Crippen LogP contribution is -2.38. The second-order valence-corrected chi connectivity index (χ2v) is 7.77. The quantitative estimate of drug-likeness (QED) is 0.642. The summed E-state index contributed by atoms with van der Waals surface area (Å²) in [5.41, 5.74) is 1.83. The topological polar surface area (TPSA) is 91.2 Å². The van der Waals surface area contributed by atoms with E-state index in [2.05, 4.69) is 29.1 Å². The van der Waals surface area contributed by atoms with Crippen LogP contribution < -0.4 is 5.32 Å². The van der Waals surface area contributed by atoms with Crippen molar-refractivity contribution >= 4 is 22.8 Å². The maximum atomic E-state index is 13.0. The van der Waals surface area contributed by atoms with Crippen LogP contribution in [0.3, 0.4) is 0 Å². The number of hydrogen-bond acceptors (Lipinski definition) is 4. The highest BCUT2D eigenvalue weighted by molar-refractivity contribution is 5.89. The van der Waals surface area contributed by atoms with Gasteiger partial charge in [0.15, 0.2) is 0 Å².